The maximum absolute atomic E-state index is 5.87. The van der Waals surface area contributed by atoms with Crippen LogP contribution in [0.2, 0.25) is 5.02 Å². The molecule has 1 aromatic carbocycles. The van der Waals surface area contributed by atoms with Crippen LogP contribution >= 0.6 is 11.6 Å². The lowest BCUT2D eigenvalue weighted by Gasteiger charge is -2.01. The minimum absolute atomic E-state index is 0.467. The first kappa shape index (κ1) is 11.8. The monoisotopic (exact) mass is 273 g/mol. The number of benzene rings is 1. The summed E-state index contributed by atoms with van der Waals surface area (Å²) in [5.41, 5.74) is 7.83. The topological polar surface area (TPSA) is 61.7 Å². The Morgan fingerprint density at radius 1 is 1.11 bits per heavy atom. The van der Waals surface area contributed by atoms with Crippen molar-refractivity contribution in [2.24, 2.45) is 0 Å². The third kappa shape index (κ3) is 2.32. The first-order valence-corrected chi connectivity index (χ1v) is 6.17. The van der Waals surface area contributed by atoms with E-state index in [0.29, 0.717) is 17.4 Å². The van der Waals surface area contributed by atoms with Gasteiger partial charge in [0.25, 0.3) is 0 Å². The number of nitrogen functional groups attached to an aromatic ring is 1. The van der Waals surface area contributed by atoms with Gasteiger partial charge in [-0.1, -0.05) is 29.8 Å². The summed E-state index contributed by atoms with van der Waals surface area (Å²) in [6, 6.07) is 9.91. The molecule has 2 aromatic heterocycles. The Bertz CT molecular complexity index is 686. The van der Waals surface area contributed by atoms with Gasteiger partial charge in [-0.25, -0.2) is 9.36 Å². The maximum Gasteiger partial charge on any atom is 0.140 e. The summed E-state index contributed by atoms with van der Waals surface area (Å²) in [6.45, 7) is 0.547. The first-order chi connectivity index (χ1) is 9.24. The summed E-state index contributed by atoms with van der Waals surface area (Å²) in [7, 11) is 0. The zero-order chi connectivity index (χ0) is 13.2. The van der Waals surface area contributed by atoms with Crippen LogP contribution in [0.5, 0.6) is 0 Å². The molecule has 0 amide bonds. The Hall–Kier alpha value is -2.27. The lowest BCUT2D eigenvalue weighted by atomic mass is 10.3. The van der Waals surface area contributed by atoms with Crippen molar-refractivity contribution in [2.75, 3.05) is 5.73 Å². The molecule has 0 aliphatic carbocycles. The van der Waals surface area contributed by atoms with Gasteiger partial charge in [0.05, 0.1) is 24.6 Å². The molecule has 5 nitrogen and oxygen atoms in total. The molecule has 6 heteroatoms. The van der Waals surface area contributed by atoms with Crippen molar-refractivity contribution >= 4 is 17.4 Å². The van der Waals surface area contributed by atoms with Gasteiger partial charge in [0.2, 0.25) is 0 Å². The van der Waals surface area contributed by atoms with E-state index in [9.17, 15) is 0 Å². The molecule has 2 heterocycles. The molecule has 0 saturated heterocycles. The molecule has 0 aliphatic rings. The number of nitrogens with zero attached hydrogens (tertiary/aromatic N) is 4. The Balaban J connectivity index is 1.84. The molecular weight excluding hydrogens is 262 g/mol. The molecule has 0 radical (unpaired) electrons. The van der Waals surface area contributed by atoms with Gasteiger partial charge in [-0.3, -0.25) is 0 Å². The Kier molecular flexibility index (Phi) is 2.97. The van der Waals surface area contributed by atoms with Crippen LogP contribution in [-0.4, -0.2) is 19.6 Å². The van der Waals surface area contributed by atoms with Gasteiger partial charge in [0.1, 0.15) is 10.8 Å². The number of hydrogen-bond acceptors (Lipinski definition) is 3. The normalized spacial score (nSPS) is 10.8. The van der Waals surface area contributed by atoms with Crippen LogP contribution in [-0.2, 0) is 6.54 Å². The van der Waals surface area contributed by atoms with Crippen LogP contribution in [0.4, 0.5) is 5.82 Å². The summed E-state index contributed by atoms with van der Waals surface area (Å²) in [5, 5.41) is 8.90. The van der Waals surface area contributed by atoms with Crippen LogP contribution in [0.3, 0.4) is 0 Å². The molecule has 2 N–H and O–H groups in total. The van der Waals surface area contributed by atoms with Gasteiger partial charge >= 0.3 is 0 Å². The maximum atomic E-state index is 5.87. The fourth-order valence-corrected chi connectivity index (χ4v) is 1.98. The second-order valence-corrected chi connectivity index (χ2v) is 4.57. The Morgan fingerprint density at radius 2 is 1.89 bits per heavy atom. The van der Waals surface area contributed by atoms with E-state index in [2.05, 4.69) is 10.2 Å². The van der Waals surface area contributed by atoms with E-state index in [-0.39, 0.29) is 0 Å². The highest BCUT2D eigenvalue weighted by Crippen LogP contribution is 2.18. The number of hydrogen-bond donors (Lipinski definition) is 1. The van der Waals surface area contributed by atoms with E-state index in [1.54, 1.807) is 17.1 Å². The number of aromatic nitrogens is 4. The zero-order valence-corrected chi connectivity index (χ0v) is 10.8. The van der Waals surface area contributed by atoms with Crippen molar-refractivity contribution in [3.8, 4) is 5.69 Å². The third-order valence-electron chi connectivity index (χ3n) is 2.82. The summed E-state index contributed by atoms with van der Waals surface area (Å²) in [4.78, 5) is 0. The first-order valence-electron chi connectivity index (χ1n) is 5.80. The predicted octanol–water partition coefficient (Wildman–Crippen LogP) is 2.35. The zero-order valence-electron chi connectivity index (χ0n) is 10.1. The van der Waals surface area contributed by atoms with Crippen molar-refractivity contribution in [1.29, 1.82) is 0 Å². The van der Waals surface area contributed by atoms with E-state index in [0.717, 1.165) is 11.3 Å². The van der Waals surface area contributed by atoms with Crippen molar-refractivity contribution in [3.63, 3.8) is 0 Å². The largest absolute Gasteiger partial charge is 0.383 e. The van der Waals surface area contributed by atoms with E-state index in [4.69, 9.17) is 17.3 Å². The van der Waals surface area contributed by atoms with Gasteiger partial charge in [-0.05, 0) is 12.1 Å². The lowest BCUT2D eigenvalue weighted by Crippen LogP contribution is -2.05. The van der Waals surface area contributed by atoms with Crippen molar-refractivity contribution in [1.82, 2.24) is 19.6 Å². The minimum Gasteiger partial charge on any atom is -0.383 e. The molecule has 96 valence electrons. The van der Waals surface area contributed by atoms with Crippen LogP contribution in [0.15, 0.2) is 48.9 Å². The Morgan fingerprint density at radius 3 is 2.58 bits per heavy atom. The number of anilines is 1. The van der Waals surface area contributed by atoms with Crippen LogP contribution in [0.25, 0.3) is 5.69 Å². The van der Waals surface area contributed by atoms with Crippen molar-refractivity contribution in [2.45, 2.75) is 6.54 Å². The molecule has 0 fully saturated rings. The average Bonchev–Trinajstić information content (AvgIpc) is 3.02. The molecular formula is C13H12ClN5. The van der Waals surface area contributed by atoms with Crippen molar-refractivity contribution in [3.05, 3.63) is 59.5 Å². The molecule has 19 heavy (non-hydrogen) atoms. The molecule has 0 atom stereocenters. The number of halogens is 1. The molecule has 0 saturated carbocycles. The standard InChI is InChI=1S/C13H12ClN5/c14-12-7-17-19(13(12)15)9-10-6-16-18(8-10)11-4-2-1-3-5-11/h1-8H,9,15H2. The molecule has 0 aliphatic heterocycles. The molecule has 3 aromatic rings. The molecule has 0 spiro atoms. The highest BCUT2D eigenvalue weighted by molar-refractivity contribution is 6.32. The minimum atomic E-state index is 0.467. The predicted molar refractivity (Wildman–Crippen MR) is 74.3 cm³/mol. The van der Waals surface area contributed by atoms with Gasteiger partial charge in [-0.15, -0.1) is 0 Å². The van der Waals surface area contributed by atoms with Crippen LogP contribution in [0, 0.1) is 0 Å². The molecule has 0 bridgehead atoms. The summed E-state index contributed by atoms with van der Waals surface area (Å²) >= 11 is 5.87. The van der Waals surface area contributed by atoms with E-state index >= 15 is 0 Å². The summed E-state index contributed by atoms with van der Waals surface area (Å²) in [6.07, 6.45) is 5.28. The Labute approximate surface area is 115 Å². The second kappa shape index (κ2) is 4.78. The number of nitrogens with two attached hydrogens (primary N) is 1. The molecule has 3 rings (SSSR count). The average molecular weight is 274 g/mol. The lowest BCUT2D eigenvalue weighted by molar-refractivity contribution is 0.697. The van der Waals surface area contributed by atoms with Gasteiger partial charge in [0, 0.05) is 11.8 Å². The highest BCUT2D eigenvalue weighted by Gasteiger charge is 2.07. The fraction of sp³-hybridized carbons (Fsp3) is 0.0769. The van der Waals surface area contributed by atoms with E-state index < -0.39 is 0 Å². The second-order valence-electron chi connectivity index (χ2n) is 4.16. The summed E-state index contributed by atoms with van der Waals surface area (Å²) < 4.78 is 3.46. The third-order valence-corrected chi connectivity index (χ3v) is 3.11. The SMILES string of the molecule is Nc1c(Cl)cnn1Cc1cnn(-c2ccccc2)c1. The summed E-state index contributed by atoms with van der Waals surface area (Å²) in [5.74, 6) is 0.467. The van der Waals surface area contributed by atoms with Gasteiger partial charge in [-0.2, -0.15) is 10.2 Å². The number of rotatable bonds is 3. The van der Waals surface area contributed by atoms with E-state index in [1.807, 2.05) is 41.2 Å². The quantitative estimate of drug-likeness (QED) is 0.797. The molecule has 0 unspecified atom stereocenters. The number of para-hydroxylation sites is 1. The van der Waals surface area contributed by atoms with Gasteiger partial charge in [0.15, 0.2) is 0 Å². The fourth-order valence-electron chi connectivity index (χ4n) is 1.83. The van der Waals surface area contributed by atoms with Crippen LogP contribution < -0.4 is 5.73 Å². The van der Waals surface area contributed by atoms with Gasteiger partial charge < -0.3 is 5.73 Å². The van der Waals surface area contributed by atoms with E-state index in [1.165, 1.54) is 0 Å². The van der Waals surface area contributed by atoms with Crippen molar-refractivity contribution < 1.29 is 0 Å². The highest BCUT2D eigenvalue weighted by atomic mass is 35.5. The smallest absolute Gasteiger partial charge is 0.140 e. The van der Waals surface area contributed by atoms with Crippen LogP contribution in [0.1, 0.15) is 5.56 Å².